The fourth-order valence-electron chi connectivity index (χ4n) is 2.36. The fourth-order valence-corrected chi connectivity index (χ4v) is 2.36. The summed E-state index contributed by atoms with van der Waals surface area (Å²) in [6.07, 6.45) is 0.772. The highest BCUT2D eigenvalue weighted by molar-refractivity contribution is 6.09. The first kappa shape index (κ1) is 19.1. The van der Waals surface area contributed by atoms with Crippen LogP contribution in [0.5, 0.6) is 17.2 Å². The number of carboxylic acid groups (broad SMARTS) is 1. The maximum atomic E-state index is 12.8. The Balaban J connectivity index is 2.42. The molecule has 0 atom stereocenters. The van der Waals surface area contributed by atoms with Crippen molar-refractivity contribution in [3.8, 4) is 17.2 Å². The van der Waals surface area contributed by atoms with Gasteiger partial charge < -0.3 is 24.6 Å². The molecule has 2 rings (SSSR count). The van der Waals surface area contributed by atoms with Crippen LogP contribution in [-0.2, 0) is 0 Å². The average molecular weight is 359 g/mol. The largest absolute Gasteiger partial charge is 0.496 e. The number of aromatic carboxylic acids is 1. The van der Waals surface area contributed by atoms with Crippen LogP contribution in [0.4, 0.5) is 5.69 Å². The molecule has 0 aliphatic carbocycles. The molecule has 0 spiro atoms. The summed E-state index contributed by atoms with van der Waals surface area (Å²) >= 11 is 0. The molecule has 0 fully saturated rings. The van der Waals surface area contributed by atoms with E-state index in [1.807, 2.05) is 6.92 Å². The first-order chi connectivity index (χ1) is 12.5. The second-order valence-corrected chi connectivity index (χ2v) is 5.36. The number of amides is 1. The molecular formula is C19H21NO6. The van der Waals surface area contributed by atoms with Crippen LogP contribution in [0.25, 0.3) is 0 Å². The third-order valence-corrected chi connectivity index (χ3v) is 3.59. The first-order valence-electron chi connectivity index (χ1n) is 8.04. The molecule has 0 heterocycles. The van der Waals surface area contributed by atoms with Crippen LogP contribution in [0.15, 0.2) is 36.4 Å². The highest BCUT2D eigenvalue weighted by Crippen LogP contribution is 2.31. The molecule has 2 N–H and O–H groups in total. The molecule has 2 aromatic carbocycles. The summed E-state index contributed by atoms with van der Waals surface area (Å²) in [5, 5.41) is 11.9. The summed E-state index contributed by atoms with van der Waals surface area (Å²) < 4.78 is 16.1. The summed E-state index contributed by atoms with van der Waals surface area (Å²) in [5.41, 5.74) is 0.507. The van der Waals surface area contributed by atoms with Gasteiger partial charge in [0.25, 0.3) is 5.91 Å². The fraction of sp³-hybridized carbons (Fsp3) is 0.263. The van der Waals surface area contributed by atoms with Crippen molar-refractivity contribution in [3.63, 3.8) is 0 Å². The predicted octanol–water partition coefficient (Wildman–Crippen LogP) is 3.44. The van der Waals surface area contributed by atoms with Crippen LogP contribution >= 0.6 is 0 Å². The Labute approximate surface area is 151 Å². The number of hydrogen-bond donors (Lipinski definition) is 2. The molecule has 2 aromatic rings. The lowest BCUT2D eigenvalue weighted by molar-refractivity contribution is 0.0696. The monoisotopic (exact) mass is 359 g/mol. The number of carbonyl (C=O) groups is 2. The molecule has 0 radical (unpaired) electrons. The number of nitrogens with one attached hydrogen (secondary N) is 1. The lowest BCUT2D eigenvalue weighted by atomic mass is 10.1. The van der Waals surface area contributed by atoms with Gasteiger partial charge in [-0.3, -0.25) is 4.79 Å². The minimum absolute atomic E-state index is 0.0381. The van der Waals surface area contributed by atoms with Crippen LogP contribution in [0.2, 0.25) is 0 Å². The van der Waals surface area contributed by atoms with E-state index >= 15 is 0 Å². The zero-order valence-electron chi connectivity index (χ0n) is 14.9. The number of ether oxygens (including phenoxy) is 3. The van der Waals surface area contributed by atoms with Crippen LogP contribution in [0.1, 0.15) is 34.1 Å². The van der Waals surface area contributed by atoms with Gasteiger partial charge in [0.1, 0.15) is 22.8 Å². The molecule has 7 heteroatoms. The maximum absolute atomic E-state index is 12.8. The number of anilines is 1. The van der Waals surface area contributed by atoms with Crippen molar-refractivity contribution in [3.05, 3.63) is 47.5 Å². The van der Waals surface area contributed by atoms with Crippen molar-refractivity contribution in [1.82, 2.24) is 0 Å². The zero-order valence-corrected chi connectivity index (χ0v) is 14.9. The van der Waals surface area contributed by atoms with Crippen molar-refractivity contribution < 1.29 is 28.9 Å². The minimum atomic E-state index is -1.10. The molecule has 138 valence electrons. The molecule has 0 aliphatic rings. The van der Waals surface area contributed by atoms with E-state index in [-0.39, 0.29) is 16.8 Å². The summed E-state index contributed by atoms with van der Waals surface area (Å²) in [7, 11) is 2.90. The van der Waals surface area contributed by atoms with E-state index in [2.05, 4.69) is 5.32 Å². The topological polar surface area (TPSA) is 94.1 Å². The van der Waals surface area contributed by atoms with E-state index in [9.17, 15) is 14.7 Å². The van der Waals surface area contributed by atoms with Crippen molar-refractivity contribution in [2.24, 2.45) is 0 Å². The predicted molar refractivity (Wildman–Crippen MR) is 96.7 cm³/mol. The Morgan fingerprint density at radius 3 is 2.23 bits per heavy atom. The van der Waals surface area contributed by atoms with E-state index in [0.717, 1.165) is 6.42 Å². The molecule has 7 nitrogen and oxygen atoms in total. The SMILES string of the molecule is CCCOc1ccc(C(=O)O)cc1NC(=O)c1c(OC)cccc1OC. The Bertz CT molecular complexity index is 780. The van der Waals surface area contributed by atoms with Gasteiger partial charge in [0, 0.05) is 0 Å². The van der Waals surface area contributed by atoms with Crippen molar-refractivity contribution in [1.29, 1.82) is 0 Å². The molecule has 0 saturated heterocycles. The van der Waals surface area contributed by atoms with E-state index in [1.165, 1.54) is 32.4 Å². The highest BCUT2D eigenvalue weighted by atomic mass is 16.5. The third-order valence-electron chi connectivity index (χ3n) is 3.59. The van der Waals surface area contributed by atoms with E-state index in [0.29, 0.717) is 23.9 Å². The highest BCUT2D eigenvalue weighted by Gasteiger charge is 2.20. The Kier molecular flexibility index (Phi) is 6.43. The molecule has 0 saturated carbocycles. The van der Waals surface area contributed by atoms with Gasteiger partial charge >= 0.3 is 5.97 Å². The standard InChI is InChI=1S/C19H21NO6/c1-4-10-26-14-9-8-12(19(22)23)11-13(14)20-18(21)17-15(24-2)6-5-7-16(17)25-3/h5-9,11H,4,10H2,1-3H3,(H,20,21)(H,22,23). The first-order valence-corrected chi connectivity index (χ1v) is 8.04. The van der Waals surface area contributed by atoms with Gasteiger partial charge in [-0.25, -0.2) is 4.79 Å². The smallest absolute Gasteiger partial charge is 0.335 e. The van der Waals surface area contributed by atoms with Crippen LogP contribution in [0, 0.1) is 0 Å². The van der Waals surface area contributed by atoms with Crippen molar-refractivity contribution in [2.45, 2.75) is 13.3 Å². The number of carboxylic acids is 1. The van der Waals surface area contributed by atoms with Gasteiger partial charge in [-0.05, 0) is 36.8 Å². The van der Waals surface area contributed by atoms with Crippen LogP contribution in [-0.4, -0.2) is 37.8 Å². The van der Waals surface area contributed by atoms with Gasteiger partial charge in [0.2, 0.25) is 0 Å². The van der Waals surface area contributed by atoms with E-state index < -0.39 is 11.9 Å². The van der Waals surface area contributed by atoms with Gasteiger partial charge in [-0.15, -0.1) is 0 Å². The Hall–Kier alpha value is -3.22. The quantitative estimate of drug-likeness (QED) is 0.750. The lowest BCUT2D eigenvalue weighted by Gasteiger charge is -2.16. The normalized spacial score (nSPS) is 10.1. The number of rotatable bonds is 8. The number of methoxy groups -OCH3 is 2. The summed E-state index contributed by atoms with van der Waals surface area (Å²) in [6.45, 7) is 2.39. The van der Waals surface area contributed by atoms with E-state index in [1.54, 1.807) is 18.2 Å². The average Bonchev–Trinajstić information content (AvgIpc) is 2.65. The van der Waals surface area contributed by atoms with Crippen LogP contribution in [0.3, 0.4) is 0 Å². The molecule has 1 amide bonds. The minimum Gasteiger partial charge on any atom is -0.496 e. The maximum Gasteiger partial charge on any atom is 0.335 e. The number of hydrogen-bond acceptors (Lipinski definition) is 5. The molecular weight excluding hydrogens is 338 g/mol. The molecule has 0 aromatic heterocycles. The third kappa shape index (κ3) is 4.24. The van der Waals surface area contributed by atoms with Crippen molar-refractivity contribution in [2.75, 3.05) is 26.1 Å². The van der Waals surface area contributed by atoms with Gasteiger partial charge in [0.05, 0.1) is 32.1 Å². The Morgan fingerprint density at radius 2 is 1.69 bits per heavy atom. The number of carbonyl (C=O) groups excluding carboxylic acids is 1. The lowest BCUT2D eigenvalue weighted by Crippen LogP contribution is -2.16. The van der Waals surface area contributed by atoms with Crippen molar-refractivity contribution >= 4 is 17.6 Å². The van der Waals surface area contributed by atoms with Gasteiger partial charge in [-0.1, -0.05) is 13.0 Å². The van der Waals surface area contributed by atoms with E-state index in [4.69, 9.17) is 14.2 Å². The number of benzene rings is 2. The molecule has 0 bridgehead atoms. The molecule has 0 unspecified atom stereocenters. The second kappa shape index (κ2) is 8.75. The zero-order chi connectivity index (χ0) is 19.1. The van der Waals surface area contributed by atoms with Crippen LogP contribution < -0.4 is 19.5 Å². The van der Waals surface area contributed by atoms with Gasteiger partial charge in [-0.2, -0.15) is 0 Å². The summed E-state index contributed by atoms with van der Waals surface area (Å²) in [6, 6.07) is 9.28. The summed E-state index contributed by atoms with van der Waals surface area (Å²) in [5.74, 6) is -0.529. The molecule has 26 heavy (non-hydrogen) atoms. The molecule has 0 aliphatic heterocycles. The Morgan fingerprint density at radius 1 is 1.04 bits per heavy atom. The summed E-state index contributed by atoms with van der Waals surface area (Å²) in [4.78, 5) is 24.0. The van der Waals surface area contributed by atoms with Gasteiger partial charge in [0.15, 0.2) is 0 Å². The second-order valence-electron chi connectivity index (χ2n) is 5.36.